The van der Waals surface area contributed by atoms with Crippen LogP contribution < -0.4 is 10.6 Å². The number of nitrogens with zero attached hydrogens (tertiary/aromatic N) is 2. The van der Waals surface area contributed by atoms with Gasteiger partial charge in [-0.1, -0.05) is 12.1 Å². The summed E-state index contributed by atoms with van der Waals surface area (Å²) in [6.07, 6.45) is 1.18. The van der Waals surface area contributed by atoms with Crippen LogP contribution in [0.4, 0.5) is 19.7 Å². The lowest BCUT2D eigenvalue weighted by Crippen LogP contribution is -2.46. The van der Waals surface area contributed by atoms with E-state index in [1.165, 1.54) is 19.2 Å². The molecule has 2 atom stereocenters. The third-order valence-corrected chi connectivity index (χ3v) is 7.33. The number of ether oxygens (including phenoxy) is 1. The van der Waals surface area contributed by atoms with Crippen LogP contribution in [0.5, 0.6) is 0 Å². The summed E-state index contributed by atoms with van der Waals surface area (Å²) >= 11 is 0. The predicted molar refractivity (Wildman–Crippen MR) is 127 cm³/mol. The average molecular weight is 495 g/mol. The molecule has 2 heterocycles. The van der Waals surface area contributed by atoms with Gasteiger partial charge in [-0.25, -0.2) is 18.9 Å². The zero-order valence-electron chi connectivity index (χ0n) is 20.1. The summed E-state index contributed by atoms with van der Waals surface area (Å²) in [4.78, 5) is 53.8. The number of nitrogens with one attached hydrogen (secondary N) is 2. The SMILES string of the molecule is CNC(=O)Nc1ccc2c(c1)CC[C@@]21OC(=O)N(CC(=O)N2Cc3ccc(F)cc3CC[C@H]2C)C1=O. The molecule has 2 N–H and O–H groups in total. The number of carbonyl (C=O) groups excluding carboxylic acids is 4. The highest BCUT2D eigenvalue weighted by atomic mass is 19.1. The maximum atomic E-state index is 13.7. The standard InChI is InChI=1S/C26H27FN4O5/c1-15-3-4-16-11-19(27)6-5-18(16)13-30(15)22(32)14-31-23(33)26(36-25(31)35)10-9-17-12-20(7-8-21(17)26)29-24(34)28-2/h5-8,11-12,15H,3-4,9-10,13-14H2,1-2H3,(H2,28,29,34)/t15-,26-/m1/s1. The minimum atomic E-state index is -1.47. The van der Waals surface area contributed by atoms with Crippen molar-refractivity contribution >= 4 is 29.6 Å². The van der Waals surface area contributed by atoms with Crippen molar-refractivity contribution in [3.8, 4) is 0 Å². The molecule has 0 bridgehead atoms. The number of hydrogen-bond donors (Lipinski definition) is 2. The summed E-state index contributed by atoms with van der Waals surface area (Å²) in [6, 6.07) is 9.11. The molecular formula is C26H27FN4O5. The Morgan fingerprint density at radius 1 is 1.11 bits per heavy atom. The van der Waals surface area contributed by atoms with Gasteiger partial charge in [0.2, 0.25) is 11.5 Å². The van der Waals surface area contributed by atoms with Gasteiger partial charge >= 0.3 is 12.1 Å². The maximum Gasteiger partial charge on any atom is 0.418 e. The number of benzene rings is 2. The number of imide groups is 1. The van der Waals surface area contributed by atoms with Crippen molar-refractivity contribution in [3.63, 3.8) is 0 Å². The van der Waals surface area contributed by atoms with Crippen LogP contribution in [0.1, 0.15) is 42.0 Å². The Kier molecular flexibility index (Phi) is 5.89. The molecule has 2 aromatic carbocycles. The number of aryl methyl sites for hydroxylation is 2. The van der Waals surface area contributed by atoms with Crippen molar-refractivity contribution in [1.82, 2.24) is 15.1 Å². The molecule has 9 nitrogen and oxygen atoms in total. The number of hydrogen-bond acceptors (Lipinski definition) is 5. The molecule has 1 fully saturated rings. The number of carbonyl (C=O) groups is 4. The van der Waals surface area contributed by atoms with Crippen LogP contribution in [0, 0.1) is 5.82 Å². The zero-order chi connectivity index (χ0) is 25.6. The molecule has 36 heavy (non-hydrogen) atoms. The Labute approximate surface area is 207 Å². The molecule has 10 heteroatoms. The van der Waals surface area contributed by atoms with Gasteiger partial charge in [-0.3, -0.25) is 9.59 Å². The van der Waals surface area contributed by atoms with Crippen LogP contribution >= 0.6 is 0 Å². The number of halogens is 1. The van der Waals surface area contributed by atoms with E-state index in [1.54, 1.807) is 29.2 Å². The Balaban J connectivity index is 1.34. The van der Waals surface area contributed by atoms with E-state index in [2.05, 4.69) is 10.6 Å². The Hall–Kier alpha value is -3.95. The van der Waals surface area contributed by atoms with Crippen molar-refractivity contribution in [3.05, 3.63) is 64.5 Å². The summed E-state index contributed by atoms with van der Waals surface area (Å²) in [5.74, 6) is -1.24. The Morgan fingerprint density at radius 2 is 1.92 bits per heavy atom. The second-order valence-electron chi connectivity index (χ2n) is 9.48. The normalized spacial score (nSPS) is 22.7. The highest BCUT2D eigenvalue weighted by Crippen LogP contribution is 2.46. The van der Waals surface area contributed by atoms with Crippen LogP contribution in [-0.2, 0) is 39.3 Å². The van der Waals surface area contributed by atoms with Crippen molar-refractivity contribution in [2.75, 3.05) is 18.9 Å². The minimum Gasteiger partial charge on any atom is -0.427 e. The average Bonchev–Trinajstić information content (AvgIpc) is 3.26. The number of amides is 5. The van der Waals surface area contributed by atoms with Crippen LogP contribution in [0.25, 0.3) is 0 Å². The van der Waals surface area contributed by atoms with E-state index >= 15 is 0 Å². The summed E-state index contributed by atoms with van der Waals surface area (Å²) in [5, 5.41) is 5.16. The van der Waals surface area contributed by atoms with E-state index in [0.717, 1.165) is 21.6 Å². The molecule has 2 aliphatic heterocycles. The first-order chi connectivity index (χ1) is 17.2. The second-order valence-corrected chi connectivity index (χ2v) is 9.48. The molecule has 3 aliphatic rings. The lowest BCUT2D eigenvalue weighted by Gasteiger charge is -2.28. The topological polar surface area (TPSA) is 108 Å². The summed E-state index contributed by atoms with van der Waals surface area (Å²) in [5.41, 5.74) is 2.17. The van der Waals surface area contributed by atoms with Crippen molar-refractivity contribution in [2.24, 2.45) is 0 Å². The van der Waals surface area contributed by atoms with Crippen molar-refractivity contribution < 1.29 is 28.3 Å². The number of anilines is 1. The fraction of sp³-hybridized carbons (Fsp3) is 0.385. The lowest BCUT2D eigenvalue weighted by atomic mass is 9.94. The number of fused-ring (bicyclic) bond motifs is 3. The van der Waals surface area contributed by atoms with E-state index in [9.17, 15) is 23.6 Å². The predicted octanol–water partition coefficient (Wildman–Crippen LogP) is 3.06. The molecule has 5 amide bonds. The quantitative estimate of drug-likeness (QED) is 0.682. The van der Waals surface area contributed by atoms with E-state index < -0.39 is 24.1 Å². The van der Waals surface area contributed by atoms with Gasteiger partial charge in [-0.15, -0.1) is 0 Å². The second kappa shape index (κ2) is 8.92. The Morgan fingerprint density at radius 3 is 2.69 bits per heavy atom. The third kappa shape index (κ3) is 3.96. The van der Waals surface area contributed by atoms with Gasteiger partial charge in [0.1, 0.15) is 12.4 Å². The molecule has 0 saturated carbocycles. The molecule has 1 saturated heterocycles. The van der Waals surface area contributed by atoms with E-state index in [-0.39, 0.29) is 36.8 Å². The first kappa shape index (κ1) is 23.8. The summed E-state index contributed by atoms with van der Waals surface area (Å²) < 4.78 is 19.3. The maximum absolute atomic E-state index is 13.7. The molecule has 1 aliphatic carbocycles. The van der Waals surface area contributed by atoms with Gasteiger partial charge in [0.25, 0.3) is 5.91 Å². The van der Waals surface area contributed by atoms with Crippen LogP contribution in [0.2, 0.25) is 0 Å². The fourth-order valence-corrected chi connectivity index (χ4v) is 5.33. The van der Waals surface area contributed by atoms with Gasteiger partial charge in [0, 0.05) is 37.3 Å². The molecule has 188 valence electrons. The molecule has 0 aromatic heterocycles. The van der Waals surface area contributed by atoms with Crippen LogP contribution in [0.15, 0.2) is 36.4 Å². The van der Waals surface area contributed by atoms with Gasteiger partial charge in [0.15, 0.2) is 0 Å². The van der Waals surface area contributed by atoms with E-state index in [1.807, 2.05) is 6.92 Å². The minimum absolute atomic E-state index is 0.144. The van der Waals surface area contributed by atoms with Crippen molar-refractivity contribution in [2.45, 2.75) is 50.8 Å². The Bertz CT molecular complexity index is 1280. The molecule has 2 aromatic rings. The van der Waals surface area contributed by atoms with Crippen LogP contribution in [-0.4, -0.2) is 53.4 Å². The van der Waals surface area contributed by atoms with E-state index in [0.29, 0.717) is 30.5 Å². The first-order valence-electron chi connectivity index (χ1n) is 12.0. The zero-order valence-corrected chi connectivity index (χ0v) is 20.1. The van der Waals surface area contributed by atoms with Crippen molar-refractivity contribution in [1.29, 1.82) is 0 Å². The number of rotatable bonds is 3. The van der Waals surface area contributed by atoms with E-state index in [4.69, 9.17) is 4.74 Å². The highest BCUT2D eigenvalue weighted by Gasteiger charge is 2.58. The van der Waals surface area contributed by atoms with Gasteiger partial charge < -0.3 is 20.3 Å². The number of urea groups is 1. The molecular weight excluding hydrogens is 467 g/mol. The summed E-state index contributed by atoms with van der Waals surface area (Å²) in [7, 11) is 1.51. The summed E-state index contributed by atoms with van der Waals surface area (Å²) in [6.45, 7) is 1.76. The third-order valence-electron chi connectivity index (χ3n) is 7.33. The first-order valence-corrected chi connectivity index (χ1v) is 12.0. The lowest BCUT2D eigenvalue weighted by molar-refractivity contribution is -0.143. The fourth-order valence-electron chi connectivity index (χ4n) is 5.33. The molecule has 0 radical (unpaired) electrons. The van der Waals surface area contributed by atoms with Gasteiger partial charge in [-0.05, 0) is 67.1 Å². The largest absolute Gasteiger partial charge is 0.427 e. The molecule has 1 spiro atoms. The van der Waals surface area contributed by atoms with Crippen LogP contribution in [0.3, 0.4) is 0 Å². The monoisotopic (exact) mass is 494 g/mol. The van der Waals surface area contributed by atoms with Gasteiger partial charge in [-0.2, -0.15) is 0 Å². The van der Waals surface area contributed by atoms with Gasteiger partial charge in [0.05, 0.1) is 0 Å². The highest BCUT2D eigenvalue weighted by molar-refractivity contribution is 6.06. The smallest absolute Gasteiger partial charge is 0.418 e. The molecule has 0 unspecified atom stereocenters. The molecule has 5 rings (SSSR count).